The molecule has 348 valence electrons. The van der Waals surface area contributed by atoms with E-state index in [0.717, 1.165) is 70.6 Å². The molecule has 0 heterocycles. The zero-order valence-corrected chi connectivity index (χ0v) is 37.9. The first-order chi connectivity index (χ1) is 29.2. The monoisotopic (exact) mass is 902 g/mol. The molecular weight excluding hydrogens is 830 g/mol. The predicted octanol–water partition coefficient (Wildman–Crippen LogP) is 8.62. The lowest BCUT2D eigenvalue weighted by molar-refractivity contribution is -0.161. The third-order valence-electron chi connectivity index (χ3n) is 9.32. The van der Waals surface area contributed by atoms with Crippen molar-refractivity contribution in [2.45, 2.75) is 148 Å². The smallest absolute Gasteiger partial charge is 0.462 e. The molecule has 0 bridgehead atoms. The molecule has 1 aliphatic carbocycles. The molecule has 1 unspecified atom stereocenters. The van der Waals surface area contributed by atoms with Gasteiger partial charge in [-0.05, 0) is 76.2 Å². The van der Waals surface area contributed by atoms with Gasteiger partial charge in [0.05, 0.1) is 25.9 Å². The van der Waals surface area contributed by atoms with Crippen LogP contribution in [0, 0.1) is 11.8 Å². The van der Waals surface area contributed by atoms with E-state index in [1.165, 1.54) is 0 Å². The summed E-state index contributed by atoms with van der Waals surface area (Å²) in [6, 6.07) is 0. The van der Waals surface area contributed by atoms with Crippen LogP contribution in [0.25, 0.3) is 0 Å². The molecule has 0 radical (unpaired) electrons. The second-order valence-corrected chi connectivity index (χ2v) is 17.6. The number of rotatable bonds is 37. The summed E-state index contributed by atoms with van der Waals surface area (Å²) in [5.74, 6) is -1.58. The molecule has 0 aromatic carbocycles. The minimum absolute atomic E-state index is 0.00265. The number of allylic oxidation sites excluding steroid dienone is 11. The number of carbonyl (C=O) groups excluding carboxylic acids is 3. The summed E-state index contributed by atoms with van der Waals surface area (Å²) in [5.41, 5.74) is 0. The SMILES string of the molecule is CC/C=C\C/C=C\C/C=C\CCCCCCCC(=O)OC[C@H](COP(=O)(O)OC[C@@H](O)COP(=O)(O)O)OC(=O)CCC/C=C\C[C@H]1C=CC(=O)[C@@H]1/C=C/[C@@H](O)CCCCC. The number of phosphoric acid groups is 2. The lowest BCUT2D eigenvalue weighted by Gasteiger charge is -2.20. The third-order valence-corrected chi connectivity index (χ3v) is 10.8. The summed E-state index contributed by atoms with van der Waals surface area (Å²) in [6.45, 7) is 1.28. The number of phosphoric ester groups is 2. The first-order valence-electron chi connectivity index (χ1n) is 21.7. The average Bonchev–Trinajstić information content (AvgIpc) is 3.57. The van der Waals surface area contributed by atoms with E-state index >= 15 is 0 Å². The molecule has 61 heavy (non-hydrogen) atoms. The maximum atomic E-state index is 12.8. The Morgan fingerprint density at radius 1 is 0.721 bits per heavy atom. The first kappa shape index (κ1) is 56.2. The Hall–Kier alpha value is -2.81. The average molecular weight is 903 g/mol. The van der Waals surface area contributed by atoms with Crippen molar-refractivity contribution in [3.05, 3.63) is 72.9 Å². The first-order valence-corrected chi connectivity index (χ1v) is 24.7. The van der Waals surface area contributed by atoms with Gasteiger partial charge in [0.25, 0.3) is 0 Å². The van der Waals surface area contributed by atoms with Crippen LogP contribution in [0.15, 0.2) is 72.9 Å². The van der Waals surface area contributed by atoms with Crippen molar-refractivity contribution in [3.63, 3.8) is 0 Å². The van der Waals surface area contributed by atoms with E-state index in [1.54, 1.807) is 18.2 Å². The molecule has 0 amide bonds. The van der Waals surface area contributed by atoms with Gasteiger partial charge in [-0.2, -0.15) is 0 Å². The molecule has 1 rings (SSSR count). The van der Waals surface area contributed by atoms with E-state index < -0.39 is 72.3 Å². The molecule has 6 atom stereocenters. The summed E-state index contributed by atoms with van der Waals surface area (Å²) in [5, 5.41) is 20.0. The number of hydrogen-bond acceptors (Lipinski definition) is 12. The van der Waals surface area contributed by atoms with Crippen molar-refractivity contribution in [2.24, 2.45) is 11.8 Å². The van der Waals surface area contributed by atoms with E-state index in [-0.39, 0.29) is 30.5 Å². The van der Waals surface area contributed by atoms with Crippen molar-refractivity contribution in [1.29, 1.82) is 0 Å². The largest absolute Gasteiger partial charge is 0.472 e. The van der Waals surface area contributed by atoms with Crippen LogP contribution < -0.4 is 0 Å². The van der Waals surface area contributed by atoms with Crippen LogP contribution in [0.1, 0.15) is 129 Å². The lowest BCUT2D eigenvalue weighted by atomic mass is 9.90. The van der Waals surface area contributed by atoms with E-state index in [1.807, 2.05) is 18.2 Å². The summed E-state index contributed by atoms with van der Waals surface area (Å²) in [6.07, 6.45) is 33.9. The normalized spacial score (nSPS) is 18.6. The minimum atomic E-state index is -4.89. The number of carbonyl (C=O) groups is 3. The van der Waals surface area contributed by atoms with Gasteiger partial charge in [-0.1, -0.05) is 119 Å². The molecule has 0 spiro atoms. The van der Waals surface area contributed by atoms with Crippen LogP contribution in [0.5, 0.6) is 0 Å². The van der Waals surface area contributed by atoms with Crippen molar-refractivity contribution in [2.75, 3.05) is 26.4 Å². The summed E-state index contributed by atoms with van der Waals surface area (Å²) < 4.78 is 47.7. The molecule has 15 nitrogen and oxygen atoms in total. The highest BCUT2D eigenvalue weighted by molar-refractivity contribution is 7.47. The maximum Gasteiger partial charge on any atom is 0.472 e. The van der Waals surface area contributed by atoms with Gasteiger partial charge in [0.1, 0.15) is 12.7 Å². The Balaban J connectivity index is 2.56. The number of ether oxygens (including phenoxy) is 2. The Morgan fingerprint density at radius 2 is 1.34 bits per heavy atom. The van der Waals surface area contributed by atoms with Crippen LogP contribution in [-0.4, -0.2) is 87.4 Å². The molecule has 0 fully saturated rings. The number of ketones is 1. The van der Waals surface area contributed by atoms with Crippen molar-refractivity contribution in [1.82, 2.24) is 0 Å². The second kappa shape index (κ2) is 34.6. The van der Waals surface area contributed by atoms with Gasteiger partial charge < -0.3 is 34.4 Å². The van der Waals surface area contributed by atoms with Gasteiger partial charge in [-0.15, -0.1) is 0 Å². The van der Waals surface area contributed by atoms with Crippen molar-refractivity contribution < 1.29 is 71.5 Å². The topological polar surface area (TPSA) is 233 Å². The Labute approximate surface area is 362 Å². The summed E-state index contributed by atoms with van der Waals surface area (Å²) >= 11 is 0. The molecule has 0 saturated carbocycles. The Kier molecular flexibility index (Phi) is 31.9. The van der Waals surface area contributed by atoms with Gasteiger partial charge >= 0.3 is 27.6 Å². The van der Waals surface area contributed by atoms with Gasteiger partial charge in [0.2, 0.25) is 0 Å². The number of hydrogen-bond donors (Lipinski definition) is 5. The Bertz CT molecular complexity index is 1500. The molecule has 1 aliphatic rings. The molecule has 0 aromatic heterocycles. The molecular formula is C44H72O15P2. The van der Waals surface area contributed by atoms with Crippen LogP contribution in [0.2, 0.25) is 0 Å². The third kappa shape index (κ3) is 32.5. The van der Waals surface area contributed by atoms with Crippen LogP contribution in [0.3, 0.4) is 0 Å². The van der Waals surface area contributed by atoms with Crippen molar-refractivity contribution in [3.8, 4) is 0 Å². The fraction of sp³-hybridized carbons (Fsp3) is 0.659. The van der Waals surface area contributed by atoms with E-state index in [0.29, 0.717) is 32.1 Å². The number of aliphatic hydroxyl groups is 2. The van der Waals surface area contributed by atoms with Gasteiger partial charge in [0.15, 0.2) is 11.9 Å². The molecule has 0 aromatic rings. The second-order valence-electron chi connectivity index (χ2n) is 14.9. The standard InChI is InChI=1S/C44H72O15P2/c1-3-5-7-8-9-10-11-12-13-14-15-16-17-18-23-27-43(48)55-35-40(36-58-61(53,54)57-34-39(46)33-56-60(50,51)52)59-44(49)28-24-20-19-22-25-37-29-32-42(47)41(37)31-30-38(45)26-21-6-4-2/h5,7,9-10,12-13,19,22,29-32,37-41,45-46H,3-4,6,8,11,14-18,20-21,23-28,33-36H2,1-2H3,(H,53,54)(H2,50,51,52)/b7-5-,10-9-,13-12-,22-19-,31-30+/t37-,38-,39-,40+,41+/m0/s1. The molecule has 0 aliphatic heterocycles. The van der Waals surface area contributed by atoms with Crippen LogP contribution in [-0.2, 0) is 46.6 Å². The Morgan fingerprint density at radius 3 is 2.07 bits per heavy atom. The summed E-state index contributed by atoms with van der Waals surface area (Å²) in [7, 11) is -9.77. The van der Waals surface area contributed by atoms with E-state index in [9.17, 15) is 38.6 Å². The number of esters is 2. The fourth-order valence-corrected chi connectivity index (χ4v) is 7.10. The van der Waals surface area contributed by atoms with Gasteiger partial charge in [-0.25, -0.2) is 9.13 Å². The quantitative estimate of drug-likeness (QED) is 0.0170. The maximum absolute atomic E-state index is 12.8. The molecule has 5 N–H and O–H groups in total. The fourth-order valence-electron chi connectivity index (χ4n) is 5.94. The van der Waals surface area contributed by atoms with Crippen LogP contribution in [0.4, 0.5) is 0 Å². The van der Waals surface area contributed by atoms with E-state index in [2.05, 4.69) is 59.4 Å². The highest BCUT2D eigenvalue weighted by Crippen LogP contribution is 2.44. The minimum Gasteiger partial charge on any atom is -0.462 e. The predicted molar refractivity (Wildman–Crippen MR) is 234 cm³/mol. The zero-order chi connectivity index (χ0) is 45.2. The van der Waals surface area contributed by atoms with E-state index in [4.69, 9.17) is 23.8 Å². The van der Waals surface area contributed by atoms with Crippen LogP contribution >= 0.6 is 15.6 Å². The van der Waals surface area contributed by atoms with Gasteiger partial charge in [0, 0.05) is 18.8 Å². The highest BCUT2D eigenvalue weighted by Gasteiger charge is 2.29. The molecule has 17 heteroatoms. The zero-order valence-electron chi connectivity index (χ0n) is 36.1. The number of aliphatic hydroxyl groups excluding tert-OH is 2. The molecule has 0 saturated heterocycles. The van der Waals surface area contributed by atoms with Crippen molar-refractivity contribution >= 4 is 33.4 Å². The highest BCUT2D eigenvalue weighted by atomic mass is 31.2. The summed E-state index contributed by atoms with van der Waals surface area (Å²) in [4.78, 5) is 65.3. The lowest BCUT2D eigenvalue weighted by Crippen LogP contribution is -2.29. The number of unbranched alkanes of at least 4 members (excludes halogenated alkanes) is 8. The van der Waals surface area contributed by atoms with Gasteiger partial charge in [-0.3, -0.25) is 28.0 Å².